The van der Waals surface area contributed by atoms with E-state index in [0.29, 0.717) is 10.9 Å². The van der Waals surface area contributed by atoms with Crippen molar-refractivity contribution in [1.82, 2.24) is 4.90 Å². The topological polar surface area (TPSA) is 3.24 Å². The van der Waals surface area contributed by atoms with Crippen molar-refractivity contribution in [2.24, 2.45) is 5.92 Å². The molecule has 0 amide bonds. The van der Waals surface area contributed by atoms with Crippen LogP contribution in [0.4, 0.5) is 0 Å². The minimum atomic E-state index is 0.667. The Kier molecular flexibility index (Phi) is 5.24. The summed E-state index contributed by atoms with van der Waals surface area (Å²) >= 11 is 3.98. The predicted octanol–water partition coefficient (Wildman–Crippen LogP) is 3.48. The van der Waals surface area contributed by atoms with E-state index in [2.05, 4.69) is 72.2 Å². The lowest BCUT2D eigenvalue weighted by atomic mass is 9.99. The van der Waals surface area contributed by atoms with Crippen LogP contribution in [0.15, 0.2) is 30.3 Å². The molecule has 0 aliphatic heterocycles. The standard InChI is InChI=1S/C15H23BrNP/c1-11(17(2)3)13-9-10-14(15(13)16)18-12-7-5-4-6-8-12/h4-8,11,13-15,18H,9-10H2,1-3H3/t11-,13?,14?,15?/m1/s1. The van der Waals surface area contributed by atoms with Crippen LogP contribution in [0.2, 0.25) is 0 Å². The summed E-state index contributed by atoms with van der Waals surface area (Å²) < 4.78 is 0. The first kappa shape index (κ1) is 14.5. The summed E-state index contributed by atoms with van der Waals surface area (Å²) in [5.41, 5.74) is 0.819. The maximum absolute atomic E-state index is 3.98. The van der Waals surface area contributed by atoms with E-state index in [-0.39, 0.29) is 0 Å². The summed E-state index contributed by atoms with van der Waals surface area (Å²) in [6.45, 7) is 2.35. The molecule has 4 unspecified atom stereocenters. The molecule has 1 aromatic rings. The predicted molar refractivity (Wildman–Crippen MR) is 86.8 cm³/mol. The van der Waals surface area contributed by atoms with Crippen LogP contribution in [0.1, 0.15) is 19.8 Å². The molecule has 0 radical (unpaired) electrons. The van der Waals surface area contributed by atoms with Crippen molar-refractivity contribution in [3.8, 4) is 0 Å². The fourth-order valence-corrected chi connectivity index (χ4v) is 5.68. The van der Waals surface area contributed by atoms with Crippen LogP contribution < -0.4 is 5.30 Å². The van der Waals surface area contributed by atoms with Gasteiger partial charge in [-0.3, -0.25) is 0 Å². The fraction of sp³-hybridized carbons (Fsp3) is 0.600. The van der Waals surface area contributed by atoms with Crippen molar-refractivity contribution in [3.05, 3.63) is 30.3 Å². The van der Waals surface area contributed by atoms with Crippen molar-refractivity contribution >= 4 is 29.8 Å². The largest absolute Gasteiger partial charge is 0.306 e. The summed E-state index contributed by atoms with van der Waals surface area (Å²) in [4.78, 5) is 3.03. The number of nitrogens with zero attached hydrogens (tertiary/aromatic N) is 1. The molecule has 1 nitrogen and oxygen atoms in total. The van der Waals surface area contributed by atoms with Gasteiger partial charge in [-0.1, -0.05) is 54.8 Å². The Bertz CT molecular complexity index is 368. The zero-order valence-electron chi connectivity index (χ0n) is 11.4. The molecule has 5 atom stereocenters. The Balaban J connectivity index is 1.97. The molecule has 1 saturated carbocycles. The first-order valence-electron chi connectivity index (χ1n) is 6.71. The molecule has 1 fully saturated rings. The zero-order valence-corrected chi connectivity index (χ0v) is 14.0. The van der Waals surface area contributed by atoms with Crippen molar-refractivity contribution in [2.45, 2.75) is 36.3 Å². The smallest absolute Gasteiger partial charge is 0.0256 e. The maximum Gasteiger partial charge on any atom is 0.0256 e. The van der Waals surface area contributed by atoms with Gasteiger partial charge >= 0.3 is 0 Å². The van der Waals surface area contributed by atoms with Crippen LogP contribution in [0, 0.1) is 5.92 Å². The maximum atomic E-state index is 3.98. The van der Waals surface area contributed by atoms with Gasteiger partial charge < -0.3 is 4.90 Å². The second-order valence-electron chi connectivity index (χ2n) is 5.51. The molecule has 1 aliphatic carbocycles. The van der Waals surface area contributed by atoms with Crippen molar-refractivity contribution in [1.29, 1.82) is 0 Å². The van der Waals surface area contributed by atoms with E-state index in [1.54, 1.807) is 0 Å². The van der Waals surface area contributed by atoms with Crippen LogP contribution in [-0.4, -0.2) is 35.5 Å². The van der Waals surface area contributed by atoms with Crippen LogP contribution in [0.5, 0.6) is 0 Å². The Morgan fingerprint density at radius 2 is 1.89 bits per heavy atom. The summed E-state index contributed by atoms with van der Waals surface area (Å²) in [5.74, 6) is 0.793. The molecule has 0 saturated heterocycles. The van der Waals surface area contributed by atoms with Gasteiger partial charge in [-0.15, -0.1) is 0 Å². The SMILES string of the molecule is C[C@H](C1CCC(Pc2ccccc2)C1Br)N(C)C. The van der Waals surface area contributed by atoms with Gasteiger partial charge in [-0.25, -0.2) is 0 Å². The van der Waals surface area contributed by atoms with Gasteiger partial charge in [-0.2, -0.15) is 0 Å². The second-order valence-corrected chi connectivity index (χ2v) is 8.17. The quantitative estimate of drug-likeness (QED) is 0.604. The van der Waals surface area contributed by atoms with E-state index in [0.717, 1.165) is 20.2 Å². The highest BCUT2D eigenvalue weighted by molar-refractivity contribution is 9.09. The zero-order chi connectivity index (χ0) is 13.1. The summed E-state index contributed by atoms with van der Waals surface area (Å²) in [6, 6.07) is 11.6. The van der Waals surface area contributed by atoms with Gasteiger partial charge in [0.05, 0.1) is 0 Å². The molecule has 0 heterocycles. The lowest BCUT2D eigenvalue weighted by Crippen LogP contribution is -2.36. The number of hydrogen-bond donors (Lipinski definition) is 0. The first-order valence-corrected chi connectivity index (χ1v) is 8.71. The molecule has 0 aromatic heterocycles. The first-order chi connectivity index (χ1) is 8.59. The van der Waals surface area contributed by atoms with Crippen molar-refractivity contribution < 1.29 is 0 Å². The van der Waals surface area contributed by atoms with E-state index >= 15 is 0 Å². The van der Waals surface area contributed by atoms with Gasteiger partial charge in [0.1, 0.15) is 0 Å². The van der Waals surface area contributed by atoms with E-state index < -0.39 is 0 Å². The Hall–Kier alpha value is 0.0900. The Morgan fingerprint density at radius 3 is 2.50 bits per heavy atom. The fourth-order valence-electron chi connectivity index (χ4n) is 2.78. The average Bonchev–Trinajstić information content (AvgIpc) is 2.71. The number of rotatable bonds is 4. The lowest BCUT2D eigenvalue weighted by Gasteiger charge is -2.29. The Morgan fingerprint density at radius 1 is 1.22 bits per heavy atom. The second kappa shape index (κ2) is 6.50. The van der Waals surface area contributed by atoms with Crippen LogP contribution in [0.25, 0.3) is 0 Å². The highest BCUT2D eigenvalue weighted by Gasteiger charge is 2.37. The summed E-state index contributed by atoms with van der Waals surface area (Å²) in [5, 5.41) is 1.50. The molecule has 18 heavy (non-hydrogen) atoms. The number of benzene rings is 1. The molecule has 0 spiro atoms. The van der Waals surface area contributed by atoms with Crippen LogP contribution in [0.3, 0.4) is 0 Å². The van der Waals surface area contributed by atoms with Gasteiger partial charge in [0.25, 0.3) is 0 Å². The molecular weight excluding hydrogens is 305 g/mol. The van der Waals surface area contributed by atoms with Crippen molar-refractivity contribution in [3.63, 3.8) is 0 Å². The third kappa shape index (κ3) is 3.35. The highest BCUT2D eigenvalue weighted by Crippen LogP contribution is 2.43. The van der Waals surface area contributed by atoms with Crippen LogP contribution >= 0.6 is 24.5 Å². The van der Waals surface area contributed by atoms with E-state index in [1.165, 1.54) is 18.1 Å². The van der Waals surface area contributed by atoms with E-state index in [1.807, 2.05) is 0 Å². The molecule has 100 valence electrons. The van der Waals surface area contributed by atoms with Crippen LogP contribution in [-0.2, 0) is 0 Å². The number of halogens is 1. The minimum absolute atomic E-state index is 0.667. The molecule has 2 rings (SSSR count). The number of hydrogen-bond acceptors (Lipinski definition) is 1. The molecule has 0 bridgehead atoms. The third-order valence-corrected chi connectivity index (χ3v) is 7.65. The summed E-state index contributed by atoms with van der Waals surface area (Å²) in [7, 11) is 5.33. The Labute approximate surface area is 121 Å². The third-order valence-electron chi connectivity index (χ3n) is 4.16. The normalized spacial score (nSPS) is 30.4. The molecule has 0 N–H and O–H groups in total. The van der Waals surface area contributed by atoms with Gasteiger partial charge in [0.15, 0.2) is 0 Å². The van der Waals surface area contributed by atoms with Gasteiger partial charge in [-0.05, 0) is 50.7 Å². The molecular formula is C15H23BrNP. The molecule has 3 heteroatoms. The monoisotopic (exact) mass is 327 g/mol. The minimum Gasteiger partial charge on any atom is -0.306 e. The van der Waals surface area contributed by atoms with Gasteiger partial charge in [0.2, 0.25) is 0 Å². The van der Waals surface area contributed by atoms with E-state index in [4.69, 9.17) is 0 Å². The molecule has 1 aliphatic rings. The average molecular weight is 328 g/mol. The van der Waals surface area contributed by atoms with Crippen molar-refractivity contribution in [2.75, 3.05) is 14.1 Å². The lowest BCUT2D eigenvalue weighted by molar-refractivity contribution is 0.234. The highest BCUT2D eigenvalue weighted by atomic mass is 79.9. The van der Waals surface area contributed by atoms with E-state index in [9.17, 15) is 0 Å². The van der Waals surface area contributed by atoms with Gasteiger partial charge in [0, 0.05) is 10.9 Å². The number of alkyl halides is 1. The summed E-state index contributed by atoms with van der Waals surface area (Å²) in [6.07, 6.45) is 2.73. The molecule has 1 aromatic carbocycles.